The SMILES string of the molecule is O=NC(CO)CO[N+]([O-])(O)O. The van der Waals surface area contributed by atoms with Gasteiger partial charge in [0.25, 0.3) is 0 Å². The van der Waals surface area contributed by atoms with Crippen LogP contribution in [0.3, 0.4) is 0 Å². The molecule has 0 aromatic heterocycles. The molecule has 11 heavy (non-hydrogen) atoms. The van der Waals surface area contributed by atoms with Gasteiger partial charge in [0.1, 0.15) is 12.6 Å². The largest absolute Gasteiger partial charge is 0.529 e. The lowest BCUT2D eigenvalue weighted by atomic mass is 10.4. The Morgan fingerprint density at radius 3 is 2.45 bits per heavy atom. The fourth-order valence-electron chi connectivity index (χ4n) is 0.300. The van der Waals surface area contributed by atoms with Gasteiger partial charge in [-0.25, -0.2) is 0 Å². The number of aliphatic hydroxyl groups excluding tert-OH is 1. The summed E-state index contributed by atoms with van der Waals surface area (Å²) in [7, 11) is 0. The minimum Gasteiger partial charge on any atom is -0.529 e. The van der Waals surface area contributed by atoms with Crippen LogP contribution in [0.25, 0.3) is 0 Å². The van der Waals surface area contributed by atoms with Gasteiger partial charge in [-0.3, -0.25) is 0 Å². The van der Waals surface area contributed by atoms with E-state index in [0.717, 1.165) is 0 Å². The first kappa shape index (κ1) is 10.4. The fourth-order valence-corrected chi connectivity index (χ4v) is 0.300. The average Bonchev–Trinajstić information content (AvgIpc) is 1.88. The number of hydrogen-bond acceptors (Lipinski definition) is 7. The summed E-state index contributed by atoms with van der Waals surface area (Å²) in [6, 6.07) is -1.17. The van der Waals surface area contributed by atoms with Crippen molar-refractivity contribution in [3.8, 4) is 0 Å². The van der Waals surface area contributed by atoms with Gasteiger partial charge in [-0.15, -0.1) is 15.3 Å². The normalized spacial score (nSPS) is 14.5. The number of rotatable bonds is 5. The molecular formula is C3H8N2O6. The molecule has 0 aromatic rings. The van der Waals surface area contributed by atoms with Crippen LogP contribution in [0, 0.1) is 10.1 Å². The molecule has 0 heterocycles. The Morgan fingerprint density at radius 1 is 1.64 bits per heavy atom. The third-order valence-corrected chi connectivity index (χ3v) is 0.795. The zero-order valence-corrected chi connectivity index (χ0v) is 5.45. The van der Waals surface area contributed by atoms with Gasteiger partial charge in [0.05, 0.1) is 11.7 Å². The van der Waals surface area contributed by atoms with Gasteiger partial charge in [0, 0.05) is 0 Å². The van der Waals surface area contributed by atoms with E-state index in [2.05, 4.69) is 10.0 Å². The van der Waals surface area contributed by atoms with Crippen molar-refractivity contribution >= 4 is 0 Å². The van der Waals surface area contributed by atoms with E-state index in [-0.39, 0.29) is 0 Å². The highest BCUT2D eigenvalue weighted by Gasteiger charge is 2.16. The Hall–Kier alpha value is -0.640. The van der Waals surface area contributed by atoms with Crippen molar-refractivity contribution in [2.45, 2.75) is 6.04 Å². The van der Waals surface area contributed by atoms with Crippen LogP contribution in [0.5, 0.6) is 0 Å². The summed E-state index contributed by atoms with van der Waals surface area (Å²) in [6.07, 6.45) is 0. The Balaban J connectivity index is 3.59. The first-order valence-corrected chi connectivity index (χ1v) is 2.63. The summed E-state index contributed by atoms with van der Waals surface area (Å²) in [6.45, 7) is -1.28. The molecule has 0 fully saturated rings. The second-order valence-corrected chi connectivity index (χ2v) is 1.73. The van der Waals surface area contributed by atoms with Crippen molar-refractivity contribution in [2.24, 2.45) is 5.18 Å². The molecule has 0 radical (unpaired) electrons. The maximum atomic E-state index is 9.84. The summed E-state index contributed by atoms with van der Waals surface area (Å²) in [5, 5.41) is 33.4. The number of quaternary nitrogens is 1. The van der Waals surface area contributed by atoms with E-state index in [0.29, 0.717) is 0 Å². The Kier molecular flexibility index (Phi) is 4.03. The van der Waals surface area contributed by atoms with Crippen molar-refractivity contribution < 1.29 is 25.5 Å². The van der Waals surface area contributed by atoms with E-state index < -0.39 is 24.4 Å². The topological polar surface area (TPSA) is 122 Å². The molecule has 0 aromatic carbocycles. The van der Waals surface area contributed by atoms with Gasteiger partial charge in [-0.2, -0.15) is 4.91 Å². The number of nitroso groups, excluding NO2 is 1. The minimum absolute atomic E-state index is 0.622. The standard InChI is InChI=1S/C3H8N2O6/c6-1-3(4-7)2-11-5(8,9)10/h3,6,8-9H,1-2H2. The van der Waals surface area contributed by atoms with Crippen molar-refractivity contribution in [3.63, 3.8) is 0 Å². The van der Waals surface area contributed by atoms with Crippen LogP contribution in [0.2, 0.25) is 0 Å². The first-order valence-electron chi connectivity index (χ1n) is 2.63. The lowest BCUT2D eigenvalue weighted by Gasteiger charge is -2.20. The predicted octanol–water partition coefficient (Wildman–Crippen LogP) is -0.862. The lowest BCUT2D eigenvalue weighted by molar-refractivity contribution is -1.34. The monoisotopic (exact) mass is 168 g/mol. The van der Waals surface area contributed by atoms with Crippen molar-refractivity contribution in [1.29, 1.82) is 0 Å². The van der Waals surface area contributed by atoms with Crippen LogP contribution < -0.4 is 0 Å². The third-order valence-electron chi connectivity index (χ3n) is 0.795. The molecule has 0 aliphatic rings. The molecule has 0 spiro atoms. The molecule has 0 saturated carbocycles. The second-order valence-electron chi connectivity index (χ2n) is 1.73. The summed E-state index contributed by atoms with van der Waals surface area (Å²) < 4.78 is 0. The van der Waals surface area contributed by atoms with Crippen LogP contribution in [0.4, 0.5) is 0 Å². The second kappa shape index (κ2) is 4.28. The number of nitrogens with zero attached hydrogens (tertiary/aromatic N) is 2. The number of hydrogen-bond donors (Lipinski definition) is 3. The van der Waals surface area contributed by atoms with Crippen LogP contribution in [-0.2, 0) is 4.84 Å². The molecule has 1 unspecified atom stereocenters. The highest BCUT2D eigenvalue weighted by atomic mass is 17.3. The number of aliphatic hydroxyl groups is 1. The van der Waals surface area contributed by atoms with Crippen molar-refractivity contribution in [2.75, 3.05) is 13.2 Å². The zero-order chi connectivity index (χ0) is 8.91. The summed E-state index contributed by atoms with van der Waals surface area (Å²) in [5.41, 5.74) is 0. The van der Waals surface area contributed by atoms with Crippen molar-refractivity contribution in [3.05, 3.63) is 10.1 Å². The van der Waals surface area contributed by atoms with Crippen molar-refractivity contribution in [1.82, 2.24) is 0 Å². The van der Waals surface area contributed by atoms with E-state index >= 15 is 0 Å². The molecule has 0 amide bonds. The summed E-state index contributed by atoms with van der Waals surface area (Å²) in [4.78, 5) is 13.4. The fraction of sp³-hybridized carbons (Fsp3) is 1.00. The molecule has 0 rings (SSSR count). The highest BCUT2D eigenvalue weighted by molar-refractivity contribution is 4.60. The third kappa shape index (κ3) is 5.79. The van der Waals surface area contributed by atoms with E-state index in [1.165, 1.54) is 0 Å². The summed E-state index contributed by atoms with van der Waals surface area (Å²) in [5.74, 6) is 0. The first-order chi connectivity index (χ1) is 4.99. The van der Waals surface area contributed by atoms with Crippen LogP contribution in [-0.4, -0.2) is 39.9 Å². The average molecular weight is 168 g/mol. The van der Waals surface area contributed by atoms with E-state index in [1.54, 1.807) is 0 Å². The van der Waals surface area contributed by atoms with Gasteiger partial charge in [0.2, 0.25) is 0 Å². The lowest BCUT2D eigenvalue weighted by Crippen LogP contribution is -2.37. The molecule has 8 heteroatoms. The molecule has 0 bridgehead atoms. The quantitative estimate of drug-likeness (QED) is 0.279. The molecule has 0 saturated heterocycles. The molecule has 1 atom stereocenters. The molecule has 0 aliphatic heterocycles. The van der Waals surface area contributed by atoms with Gasteiger partial charge in [-0.05, 0) is 0 Å². The molecule has 3 N–H and O–H groups in total. The van der Waals surface area contributed by atoms with Gasteiger partial charge >= 0.3 is 0 Å². The van der Waals surface area contributed by atoms with Gasteiger partial charge < -0.3 is 10.3 Å². The van der Waals surface area contributed by atoms with E-state index in [1.807, 2.05) is 0 Å². The van der Waals surface area contributed by atoms with E-state index in [9.17, 15) is 10.1 Å². The molecular weight excluding hydrogens is 160 g/mol. The van der Waals surface area contributed by atoms with Crippen LogP contribution in [0.1, 0.15) is 0 Å². The van der Waals surface area contributed by atoms with Crippen LogP contribution in [0.15, 0.2) is 5.18 Å². The maximum Gasteiger partial charge on any atom is 0.144 e. The molecule has 0 aliphatic carbocycles. The molecule has 8 nitrogen and oxygen atoms in total. The minimum atomic E-state index is -2.95. The Bertz CT molecular complexity index is 121. The predicted molar refractivity (Wildman–Crippen MR) is 29.8 cm³/mol. The Labute approximate surface area is 61.2 Å². The van der Waals surface area contributed by atoms with Gasteiger partial charge in [0.15, 0.2) is 0 Å². The van der Waals surface area contributed by atoms with Gasteiger partial charge in [-0.1, -0.05) is 5.18 Å². The zero-order valence-electron chi connectivity index (χ0n) is 5.45. The molecule has 66 valence electrons. The Morgan fingerprint density at radius 2 is 2.18 bits per heavy atom. The van der Waals surface area contributed by atoms with E-state index in [4.69, 9.17) is 15.5 Å². The summed E-state index contributed by atoms with van der Waals surface area (Å²) >= 11 is 0. The highest BCUT2D eigenvalue weighted by Crippen LogP contribution is 1.97. The maximum absolute atomic E-state index is 9.84. The van der Waals surface area contributed by atoms with Crippen LogP contribution >= 0.6 is 0 Å². The smallest absolute Gasteiger partial charge is 0.144 e.